The van der Waals surface area contributed by atoms with Crippen LogP contribution in [-0.2, 0) is 21.9 Å². The third-order valence-electron chi connectivity index (χ3n) is 3.62. The molecule has 0 aliphatic carbocycles. The van der Waals surface area contributed by atoms with E-state index in [1.54, 1.807) is 6.92 Å². The summed E-state index contributed by atoms with van der Waals surface area (Å²) in [5, 5.41) is 12.8. The van der Waals surface area contributed by atoms with Crippen LogP contribution in [0.3, 0.4) is 0 Å². The van der Waals surface area contributed by atoms with Crippen molar-refractivity contribution in [3.05, 3.63) is 12.2 Å². The molecular formula is C20H47NO6Si4. The van der Waals surface area contributed by atoms with Gasteiger partial charge in [-0.15, -0.1) is 0 Å². The Labute approximate surface area is 194 Å². The maximum Gasteiger partial charge on any atom is 0.469 e. The Morgan fingerprint density at radius 3 is 1.77 bits per heavy atom. The van der Waals surface area contributed by atoms with Gasteiger partial charge in [0.05, 0.1) is 12.7 Å². The number of hydrogen-bond donors (Lipinski definition) is 2. The highest BCUT2D eigenvalue weighted by molar-refractivity contribution is 6.90. The van der Waals surface area contributed by atoms with Crippen molar-refractivity contribution in [2.24, 2.45) is 0 Å². The SMILES string of the molecule is C=C(C)C(=O)NCCC(O)COCCC[Si](O[Si](C)(C)C)(O[Si](C)(C)C)O[Si](C)(C)C. The van der Waals surface area contributed by atoms with Crippen molar-refractivity contribution in [2.75, 3.05) is 19.8 Å². The van der Waals surface area contributed by atoms with Gasteiger partial charge >= 0.3 is 8.80 Å². The smallest absolute Gasteiger partial charge is 0.417 e. The fraction of sp³-hybridized carbons (Fsp3) is 0.850. The third kappa shape index (κ3) is 17.1. The van der Waals surface area contributed by atoms with Crippen LogP contribution < -0.4 is 5.32 Å². The maximum absolute atomic E-state index is 11.5. The van der Waals surface area contributed by atoms with Crippen LogP contribution in [0.1, 0.15) is 19.8 Å². The van der Waals surface area contributed by atoms with Crippen molar-refractivity contribution >= 4 is 39.7 Å². The number of aliphatic hydroxyl groups excluding tert-OH is 1. The number of amides is 1. The number of carbonyl (C=O) groups excluding carboxylic acids is 1. The Bertz CT molecular complexity index is 529. The van der Waals surface area contributed by atoms with E-state index in [4.69, 9.17) is 17.1 Å². The Morgan fingerprint density at radius 2 is 1.39 bits per heavy atom. The molecule has 1 unspecified atom stereocenters. The lowest BCUT2D eigenvalue weighted by molar-refractivity contribution is -0.117. The zero-order chi connectivity index (χ0) is 24.5. The first-order valence-electron chi connectivity index (χ1n) is 11.1. The number of hydrogen-bond acceptors (Lipinski definition) is 6. The normalized spacial score (nSPS) is 14.4. The van der Waals surface area contributed by atoms with Gasteiger partial charge in [-0.3, -0.25) is 4.79 Å². The first-order chi connectivity index (χ1) is 13.8. The molecule has 0 radical (unpaired) electrons. The molecule has 7 nitrogen and oxygen atoms in total. The lowest BCUT2D eigenvalue weighted by Crippen LogP contribution is -2.60. The molecule has 0 heterocycles. The minimum Gasteiger partial charge on any atom is -0.417 e. The van der Waals surface area contributed by atoms with E-state index in [2.05, 4.69) is 70.8 Å². The van der Waals surface area contributed by atoms with Crippen LogP contribution >= 0.6 is 0 Å². The molecule has 0 aromatic heterocycles. The predicted octanol–water partition coefficient (Wildman–Crippen LogP) is 4.33. The Hall–Kier alpha value is -0.122. The molecule has 31 heavy (non-hydrogen) atoms. The van der Waals surface area contributed by atoms with Crippen LogP contribution in [0.15, 0.2) is 12.2 Å². The van der Waals surface area contributed by atoms with Crippen LogP contribution in [0.2, 0.25) is 65.0 Å². The zero-order valence-corrected chi connectivity index (χ0v) is 25.5. The van der Waals surface area contributed by atoms with E-state index in [1.165, 1.54) is 0 Å². The van der Waals surface area contributed by atoms with Crippen LogP contribution in [-0.4, -0.2) is 70.6 Å². The standard InChI is InChI=1S/C20H47NO6Si4/c1-18(2)20(23)21-14-13-19(22)17-24-15-12-16-31(25-28(3,4)5,26-29(6,7)8)27-30(9,10)11/h19,22H,1,12-17H2,2-11H3,(H,21,23). The van der Waals surface area contributed by atoms with Gasteiger partial charge in [-0.1, -0.05) is 6.58 Å². The first kappa shape index (κ1) is 30.9. The van der Waals surface area contributed by atoms with Gasteiger partial charge in [0.25, 0.3) is 0 Å². The highest BCUT2D eigenvalue weighted by Crippen LogP contribution is 2.29. The van der Waals surface area contributed by atoms with Crippen molar-refractivity contribution in [1.29, 1.82) is 0 Å². The summed E-state index contributed by atoms with van der Waals surface area (Å²) in [6, 6.07) is 0.719. The lowest BCUT2D eigenvalue weighted by atomic mass is 10.2. The van der Waals surface area contributed by atoms with Gasteiger partial charge in [-0.05, 0) is 78.7 Å². The average molecular weight is 510 g/mol. The largest absolute Gasteiger partial charge is 0.469 e. The lowest BCUT2D eigenvalue weighted by Gasteiger charge is -2.42. The Morgan fingerprint density at radius 1 is 0.935 bits per heavy atom. The van der Waals surface area contributed by atoms with Crippen LogP contribution in [0.25, 0.3) is 0 Å². The topological polar surface area (TPSA) is 86.3 Å². The van der Waals surface area contributed by atoms with Crippen molar-refractivity contribution in [1.82, 2.24) is 5.32 Å². The van der Waals surface area contributed by atoms with E-state index in [-0.39, 0.29) is 12.5 Å². The van der Waals surface area contributed by atoms with Gasteiger partial charge in [0.1, 0.15) is 0 Å². The predicted molar refractivity (Wildman–Crippen MR) is 138 cm³/mol. The summed E-state index contributed by atoms with van der Waals surface area (Å²) in [4.78, 5) is 11.5. The average Bonchev–Trinajstić information content (AvgIpc) is 2.48. The van der Waals surface area contributed by atoms with Gasteiger partial charge in [-0.2, -0.15) is 0 Å². The summed E-state index contributed by atoms with van der Waals surface area (Å²) >= 11 is 0. The monoisotopic (exact) mass is 509 g/mol. The Balaban J connectivity index is 4.78. The van der Waals surface area contributed by atoms with Gasteiger partial charge < -0.3 is 27.5 Å². The van der Waals surface area contributed by atoms with Gasteiger partial charge in [0, 0.05) is 24.8 Å². The molecule has 11 heteroatoms. The van der Waals surface area contributed by atoms with E-state index < -0.39 is 39.9 Å². The molecule has 184 valence electrons. The molecular weight excluding hydrogens is 463 g/mol. The molecule has 1 amide bonds. The fourth-order valence-corrected chi connectivity index (χ4v) is 17.4. The van der Waals surface area contributed by atoms with Crippen LogP contribution in [0.5, 0.6) is 0 Å². The molecule has 0 rings (SSSR count). The molecule has 0 bridgehead atoms. The van der Waals surface area contributed by atoms with E-state index >= 15 is 0 Å². The number of rotatable bonds is 16. The zero-order valence-electron chi connectivity index (χ0n) is 21.5. The quantitative estimate of drug-likeness (QED) is 0.183. The number of carbonyl (C=O) groups is 1. The molecule has 1 atom stereocenters. The molecule has 0 saturated carbocycles. The van der Waals surface area contributed by atoms with Crippen molar-refractivity contribution < 1.29 is 27.0 Å². The molecule has 0 aromatic rings. The van der Waals surface area contributed by atoms with Gasteiger partial charge in [0.2, 0.25) is 5.91 Å². The minimum atomic E-state index is -2.84. The number of nitrogens with one attached hydrogen (secondary N) is 1. The number of aliphatic hydroxyl groups is 1. The summed E-state index contributed by atoms with van der Waals surface area (Å²) < 4.78 is 25.6. The summed E-state index contributed by atoms with van der Waals surface area (Å²) in [7, 11) is -8.47. The van der Waals surface area contributed by atoms with E-state index in [0.717, 1.165) is 12.5 Å². The molecule has 0 aliphatic rings. The summed E-state index contributed by atoms with van der Waals surface area (Å²) in [5.74, 6) is -0.193. The molecule has 0 spiro atoms. The van der Waals surface area contributed by atoms with E-state index in [1.807, 2.05) is 0 Å². The molecule has 0 fully saturated rings. The van der Waals surface area contributed by atoms with Crippen molar-refractivity contribution in [3.63, 3.8) is 0 Å². The summed E-state index contributed by atoms with van der Waals surface area (Å²) in [6.45, 7) is 26.0. The second-order valence-electron chi connectivity index (χ2n) is 11.0. The van der Waals surface area contributed by atoms with Crippen LogP contribution in [0, 0.1) is 0 Å². The van der Waals surface area contributed by atoms with Gasteiger partial charge in [-0.25, -0.2) is 0 Å². The second kappa shape index (κ2) is 12.9. The third-order valence-corrected chi connectivity index (χ3v) is 15.7. The van der Waals surface area contributed by atoms with Crippen LogP contribution in [0.4, 0.5) is 0 Å². The summed E-state index contributed by atoms with van der Waals surface area (Å²) in [6.07, 6.45) is 0.570. The first-order valence-corrected chi connectivity index (χ1v) is 23.3. The fourth-order valence-electron chi connectivity index (χ4n) is 2.81. The van der Waals surface area contributed by atoms with Gasteiger partial charge in [0.15, 0.2) is 25.0 Å². The minimum absolute atomic E-state index is 0.193. The van der Waals surface area contributed by atoms with Crippen molar-refractivity contribution in [3.8, 4) is 0 Å². The summed E-state index contributed by atoms with van der Waals surface area (Å²) in [5.41, 5.74) is 0.458. The second-order valence-corrected chi connectivity index (χ2v) is 28.0. The maximum atomic E-state index is 11.5. The number of ether oxygens (including phenoxy) is 1. The molecule has 0 saturated heterocycles. The van der Waals surface area contributed by atoms with E-state index in [0.29, 0.717) is 25.1 Å². The highest BCUT2D eigenvalue weighted by atomic mass is 28.5. The Kier molecular flexibility index (Phi) is 12.9. The van der Waals surface area contributed by atoms with E-state index in [9.17, 15) is 9.90 Å². The molecule has 2 N–H and O–H groups in total. The molecule has 0 aromatic carbocycles. The van der Waals surface area contributed by atoms with Crippen molar-refractivity contribution in [2.45, 2.75) is 90.8 Å². The molecule has 0 aliphatic heterocycles. The highest BCUT2D eigenvalue weighted by Gasteiger charge is 2.49.